The summed E-state index contributed by atoms with van der Waals surface area (Å²) in [7, 11) is -4.26. The van der Waals surface area contributed by atoms with Crippen molar-refractivity contribution in [3.05, 3.63) is 42.5 Å². The third-order valence-corrected chi connectivity index (χ3v) is 4.95. The van der Waals surface area contributed by atoms with Crippen LogP contribution in [0.2, 0.25) is 0 Å². The van der Waals surface area contributed by atoms with Gasteiger partial charge in [0.1, 0.15) is 11.0 Å². The Kier molecular flexibility index (Phi) is 5.16. The van der Waals surface area contributed by atoms with Gasteiger partial charge in [-0.2, -0.15) is 13.7 Å². The lowest BCUT2D eigenvalue weighted by Gasteiger charge is -2.25. The van der Waals surface area contributed by atoms with E-state index in [1.807, 2.05) is 12.1 Å². The number of hydrogen-bond donors (Lipinski definition) is 0. The van der Waals surface area contributed by atoms with Crippen LogP contribution in [0.5, 0.6) is 0 Å². The van der Waals surface area contributed by atoms with Crippen molar-refractivity contribution in [3.8, 4) is 6.07 Å². The van der Waals surface area contributed by atoms with E-state index in [0.29, 0.717) is 31.7 Å². The van der Waals surface area contributed by atoms with E-state index >= 15 is 0 Å². The zero-order valence-corrected chi connectivity index (χ0v) is 14.5. The number of fused-ring (bicyclic) bond motifs is 1. The molecule has 1 saturated heterocycles. The van der Waals surface area contributed by atoms with Crippen molar-refractivity contribution in [2.75, 3.05) is 26.3 Å². The number of nitrogens with zero attached hydrogens (tertiary/aromatic N) is 3. The summed E-state index contributed by atoms with van der Waals surface area (Å²) in [6.45, 7) is 1.30. The Labute approximate surface area is 150 Å². The van der Waals surface area contributed by atoms with E-state index in [4.69, 9.17) is 10.00 Å². The van der Waals surface area contributed by atoms with Gasteiger partial charge in [0.05, 0.1) is 13.2 Å². The molecule has 0 aromatic heterocycles. The van der Waals surface area contributed by atoms with Gasteiger partial charge in [-0.15, -0.1) is 0 Å². The number of carbonyl (C=O) groups excluding carboxylic acids is 1. The van der Waals surface area contributed by atoms with Gasteiger partial charge in [-0.05, 0) is 28.1 Å². The molecule has 8 nitrogen and oxygen atoms in total. The molecule has 1 amide bonds. The fraction of sp³-hybridized carbons (Fsp3) is 0.235. The molecule has 9 heteroatoms. The van der Waals surface area contributed by atoms with E-state index < -0.39 is 21.7 Å². The van der Waals surface area contributed by atoms with Gasteiger partial charge in [0.2, 0.25) is 5.71 Å². The van der Waals surface area contributed by atoms with Crippen molar-refractivity contribution in [1.82, 2.24) is 4.90 Å². The van der Waals surface area contributed by atoms with Crippen LogP contribution >= 0.6 is 0 Å². The lowest BCUT2D eigenvalue weighted by Crippen LogP contribution is -2.43. The standard InChI is InChI=1S/C17H15N3O5S/c18-12-16(17(21)20-7-9-24-10-8-20)19-25-26(22,23)15-6-5-13-3-1-2-4-14(13)11-15/h1-6,11H,7-10H2/b19-16+. The molecule has 3 rings (SSSR count). The van der Waals surface area contributed by atoms with E-state index in [1.165, 1.54) is 17.0 Å². The Hall–Kier alpha value is -2.96. The Morgan fingerprint density at radius 3 is 2.54 bits per heavy atom. The summed E-state index contributed by atoms with van der Waals surface area (Å²) in [5.74, 6) is -0.690. The maximum Gasteiger partial charge on any atom is 0.358 e. The molecule has 0 bridgehead atoms. The molecule has 2 aromatic carbocycles. The second-order valence-corrected chi connectivity index (χ2v) is 7.02. The first-order chi connectivity index (χ1) is 12.5. The number of carbonyl (C=O) groups is 1. The largest absolute Gasteiger partial charge is 0.378 e. The van der Waals surface area contributed by atoms with Crippen LogP contribution in [0, 0.1) is 11.3 Å². The highest BCUT2D eigenvalue weighted by Crippen LogP contribution is 2.20. The first-order valence-electron chi connectivity index (χ1n) is 7.79. The molecule has 1 aliphatic heterocycles. The summed E-state index contributed by atoms with van der Waals surface area (Å²) in [4.78, 5) is 13.4. The number of oxime groups is 1. The number of ether oxygens (including phenoxy) is 1. The lowest BCUT2D eigenvalue weighted by atomic mass is 10.1. The van der Waals surface area contributed by atoms with Crippen LogP contribution in [0.15, 0.2) is 52.5 Å². The van der Waals surface area contributed by atoms with Crippen molar-refractivity contribution < 1.29 is 22.2 Å². The van der Waals surface area contributed by atoms with Gasteiger partial charge in [0, 0.05) is 13.1 Å². The van der Waals surface area contributed by atoms with E-state index in [-0.39, 0.29) is 4.90 Å². The monoisotopic (exact) mass is 373 g/mol. The Balaban J connectivity index is 1.81. The predicted molar refractivity (Wildman–Crippen MR) is 92.7 cm³/mol. The first-order valence-corrected chi connectivity index (χ1v) is 9.20. The molecular formula is C17H15N3O5S. The van der Waals surface area contributed by atoms with Crippen LogP contribution in [0.25, 0.3) is 10.8 Å². The van der Waals surface area contributed by atoms with Gasteiger partial charge < -0.3 is 9.64 Å². The SMILES string of the molecule is N#C/C(=N\OS(=O)(=O)c1ccc2ccccc2c1)C(=O)N1CCOCC1. The van der Waals surface area contributed by atoms with Gasteiger partial charge in [-0.3, -0.25) is 9.08 Å². The Morgan fingerprint density at radius 1 is 1.15 bits per heavy atom. The fourth-order valence-electron chi connectivity index (χ4n) is 2.48. The number of rotatable bonds is 4. The molecule has 26 heavy (non-hydrogen) atoms. The summed E-state index contributed by atoms with van der Waals surface area (Å²) in [6, 6.07) is 13.3. The molecule has 134 valence electrons. The second kappa shape index (κ2) is 7.51. The molecule has 2 aromatic rings. The van der Waals surface area contributed by atoms with E-state index in [9.17, 15) is 13.2 Å². The minimum absolute atomic E-state index is 0.115. The zero-order valence-electron chi connectivity index (χ0n) is 13.7. The van der Waals surface area contributed by atoms with Gasteiger partial charge in [-0.1, -0.05) is 30.3 Å². The molecule has 0 saturated carbocycles. The smallest absolute Gasteiger partial charge is 0.358 e. The highest BCUT2D eigenvalue weighted by molar-refractivity contribution is 7.86. The van der Waals surface area contributed by atoms with Crippen LogP contribution in [0.1, 0.15) is 0 Å². The number of morpholine rings is 1. The molecule has 1 heterocycles. The zero-order chi connectivity index (χ0) is 18.6. The highest BCUT2D eigenvalue weighted by atomic mass is 32.2. The van der Waals surface area contributed by atoms with Crippen molar-refractivity contribution in [1.29, 1.82) is 5.26 Å². The lowest BCUT2D eigenvalue weighted by molar-refractivity contribution is -0.127. The van der Waals surface area contributed by atoms with Crippen molar-refractivity contribution in [3.63, 3.8) is 0 Å². The van der Waals surface area contributed by atoms with Gasteiger partial charge >= 0.3 is 10.1 Å². The van der Waals surface area contributed by atoms with Crippen LogP contribution in [-0.2, 0) is 23.9 Å². The molecule has 0 unspecified atom stereocenters. The summed E-state index contributed by atoms with van der Waals surface area (Å²) in [5, 5.41) is 14.0. The maximum atomic E-state index is 12.3. The van der Waals surface area contributed by atoms with Gasteiger partial charge in [0.15, 0.2) is 0 Å². The quantitative estimate of drug-likeness (QED) is 0.590. The van der Waals surface area contributed by atoms with Crippen LogP contribution in [-0.4, -0.2) is 51.2 Å². The molecule has 0 aliphatic carbocycles. The third-order valence-electron chi connectivity index (χ3n) is 3.84. The van der Waals surface area contributed by atoms with Crippen LogP contribution in [0.4, 0.5) is 0 Å². The van der Waals surface area contributed by atoms with Gasteiger partial charge in [0.25, 0.3) is 5.91 Å². The second-order valence-electron chi connectivity index (χ2n) is 5.49. The van der Waals surface area contributed by atoms with Crippen molar-refractivity contribution >= 4 is 32.5 Å². The summed E-state index contributed by atoms with van der Waals surface area (Å²) < 4.78 is 34.3. The number of benzene rings is 2. The Morgan fingerprint density at radius 2 is 1.85 bits per heavy atom. The summed E-state index contributed by atoms with van der Waals surface area (Å²) >= 11 is 0. The average Bonchev–Trinajstić information content (AvgIpc) is 2.68. The number of nitriles is 1. The van der Waals surface area contributed by atoms with Crippen molar-refractivity contribution in [2.24, 2.45) is 5.16 Å². The third kappa shape index (κ3) is 3.82. The van der Waals surface area contributed by atoms with Crippen LogP contribution in [0.3, 0.4) is 0 Å². The molecule has 0 N–H and O–H groups in total. The maximum absolute atomic E-state index is 12.3. The van der Waals surface area contributed by atoms with Crippen LogP contribution < -0.4 is 0 Å². The molecular weight excluding hydrogens is 358 g/mol. The molecule has 0 radical (unpaired) electrons. The highest BCUT2D eigenvalue weighted by Gasteiger charge is 2.24. The average molecular weight is 373 g/mol. The fourth-order valence-corrected chi connectivity index (χ4v) is 3.24. The summed E-state index contributed by atoms with van der Waals surface area (Å²) in [6.07, 6.45) is 0. The number of hydrogen-bond acceptors (Lipinski definition) is 7. The predicted octanol–water partition coefficient (Wildman–Crippen LogP) is 1.28. The van der Waals surface area contributed by atoms with Crippen molar-refractivity contribution in [2.45, 2.75) is 4.90 Å². The normalized spacial score (nSPS) is 15.5. The van der Waals surface area contributed by atoms with E-state index in [2.05, 4.69) is 9.44 Å². The minimum atomic E-state index is -4.26. The topological polar surface area (TPSA) is 109 Å². The van der Waals surface area contributed by atoms with E-state index in [1.54, 1.807) is 24.3 Å². The van der Waals surface area contributed by atoms with E-state index in [0.717, 1.165) is 5.39 Å². The number of amides is 1. The minimum Gasteiger partial charge on any atom is -0.378 e. The Bertz CT molecular complexity index is 1000. The molecule has 0 spiro atoms. The molecule has 1 aliphatic rings. The van der Waals surface area contributed by atoms with Gasteiger partial charge in [-0.25, -0.2) is 0 Å². The molecule has 1 fully saturated rings. The first kappa shape index (κ1) is 17.8. The molecule has 0 atom stereocenters. The summed E-state index contributed by atoms with van der Waals surface area (Å²) in [5.41, 5.74) is -0.628.